The molecule has 0 unspecified atom stereocenters. The van der Waals surface area contributed by atoms with Crippen molar-refractivity contribution >= 4 is 5.91 Å². The molecule has 0 bridgehead atoms. The van der Waals surface area contributed by atoms with Crippen LogP contribution in [0.5, 0.6) is 0 Å². The number of aromatic nitrogens is 1. The van der Waals surface area contributed by atoms with E-state index in [1.165, 1.54) is 31.7 Å². The van der Waals surface area contributed by atoms with Gasteiger partial charge in [-0.25, -0.2) is 4.39 Å². The van der Waals surface area contributed by atoms with Gasteiger partial charge in [-0.2, -0.15) is 0 Å². The van der Waals surface area contributed by atoms with Gasteiger partial charge in [-0.05, 0) is 49.2 Å². The Labute approximate surface area is 169 Å². The zero-order valence-electron chi connectivity index (χ0n) is 16.0. The van der Waals surface area contributed by atoms with Crippen LogP contribution < -0.4 is 5.32 Å². The molecule has 1 aliphatic carbocycles. The van der Waals surface area contributed by atoms with Gasteiger partial charge in [0.05, 0.1) is 6.54 Å². The van der Waals surface area contributed by atoms with E-state index >= 15 is 0 Å². The molecule has 0 spiro atoms. The number of halogens is 1. The highest BCUT2D eigenvalue weighted by atomic mass is 19.1. The first-order valence-corrected chi connectivity index (χ1v) is 9.79. The Balaban J connectivity index is 1.34. The normalized spacial score (nSPS) is 13.7. The minimum absolute atomic E-state index is 0.170. The van der Waals surface area contributed by atoms with Gasteiger partial charge < -0.3 is 9.84 Å². The number of benzene rings is 2. The molecule has 146 valence electrons. The predicted molar refractivity (Wildman–Crippen MR) is 108 cm³/mol. The zero-order valence-corrected chi connectivity index (χ0v) is 16.0. The van der Waals surface area contributed by atoms with Gasteiger partial charge in [0.25, 0.3) is 5.91 Å². The smallest absolute Gasteiger partial charge is 0.251 e. The highest BCUT2D eigenvalue weighted by molar-refractivity contribution is 5.94. The van der Waals surface area contributed by atoms with Gasteiger partial charge in [0.2, 0.25) is 0 Å². The fourth-order valence-corrected chi connectivity index (χ4v) is 3.42. The van der Waals surface area contributed by atoms with Crippen molar-refractivity contribution in [2.75, 3.05) is 0 Å². The molecule has 1 fully saturated rings. The summed E-state index contributed by atoms with van der Waals surface area (Å²) in [5, 5.41) is 6.67. The van der Waals surface area contributed by atoms with Gasteiger partial charge in [0.15, 0.2) is 5.76 Å². The van der Waals surface area contributed by atoms with Crippen LogP contribution in [0.25, 0.3) is 11.3 Å². The molecular formula is C24H21FN2O2. The molecule has 0 radical (unpaired) electrons. The maximum atomic E-state index is 13.8. The molecule has 1 aliphatic rings. The van der Waals surface area contributed by atoms with Crippen LogP contribution in [0.4, 0.5) is 4.39 Å². The Hall–Kier alpha value is -3.39. The van der Waals surface area contributed by atoms with E-state index in [0.717, 1.165) is 5.56 Å². The number of nitrogens with zero attached hydrogens (tertiary/aromatic N) is 1. The summed E-state index contributed by atoms with van der Waals surface area (Å²) in [7, 11) is 0. The summed E-state index contributed by atoms with van der Waals surface area (Å²) in [6.07, 6.45) is 4.92. The van der Waals surface area contributed by atoms with E-state index in [9.17, 15) is 9.18 Å². The number of carbonyl (C=O) groups excluding carboxylic acids is 1. The second kappa shape index (κ2) is 8.74. The SMILES string of the molecule is O=C(NCc1cc(-c2ccccc2F)no1)c1ccc(C#CC2CCCC2)cc1. The Morgan fingerprint density at radius 1 is 1.14 bits per heavy atom. The molecule has 29 heavy (non-hydrogen) atoms. The van der Waals surface area contributed by atoms with Gasteiger partial charge in [-0.15, -0.1) is 0 Å². The van der Waals surface area contributed by atoms with Crippen LogP contribution in [0.1, 0.15) is 47.4 Å². The minimum Gasteiger partial charge on any atom is -0.359 e. The van der Waals surface area contributed by atoms with Gasteiger partial charge >= 0.3 is 0 Å². The van der Waals surface area contributed by atoms with E-state index in [0.29, 0.717) is 28.5 Å². The molecule has 1 amide bonds. The van der Waals surface area contributed by atoms with E-state index in [2.05, 4.69) is 22.3 Å². The average Bonchev–Trinajstić information content (AvgIpc) is 3.43. The Kier molecular flexibility index (Phi) is 5.71. The summed E-state index contributed by atoms with van der Waals surface area (Å²) in [4.78, 5) is 12.4. The summed E-state index contributed by atoms with van der Waals surface area (Å²) in [5.41, 5.74) is 2.23. The van der Waals surface area contributed by atoms with Crippen molar-refractivity contribution in [3.8, 4) is 23.1 Å². The third-order valence-electron chi connectivity index (χ3n) is 5.05. The van der Waals surface area contributed by atoms with Crippen molar-refractivity contribution in [3.63, 3.8) is 0 Å². The van der Waals surface area contributed by atoms with Gasteiger partial charge in [0, 0.05) is 28.7 Å². The number of carbonyl (C=O) groups is 1. The van der Waals surface area contributed by atoms with Crippen molar-refractivity contribution in [3.05, 3.63) is 77.3 Å². The lowest BCUT2D eigenvalue weighted by atomic mass is 10.1. The van der Waals surface area contributed by atoms with Gasteiger partial charge in [-0.1, -0.05) is 42.0 Å². The maximum Gasteiger partial charge on any atom is 0.251 e. The van der Waals surface area contributed by atoms with E-state index in [-0.39, 0.29) is 18.3 Å². The molecule has 1 saturated carbocycles. The maximum absolute atomic E-state index is 13.8. The van der Waals surface area contributed by atoms with Crippen LogP contribution in [0.15, 0.2) is 59.1 Å². The highest BCUT2D eigenvalue weighted by Crippen LogP contribution is 2.24. The van der Waals surface area contributed by atoms with Crippen molar-refractivity contribution < 1.29 is 13.7 Å². The molecule has 2 aromatic carbocycles. The summed E-state index contributed by atoms with van der Waals surface area (Å²) in [5.74, 6) is 6.89. The molecule has 0 atom stereocenters. The van der Waals surface area contributed by atoms with Crippen molar-refractivity contribution in [2.45, 2.75) is 32.2 Å². The number of amides is 1. The molecule has 5 heteroatoms. The van der Waals surface area contributed by atoms with Crippen molar-refractivity contribution in [1.29, 1.82) is 0 Å². The third-order valence-corrected chi connectivity index (χ3v) is 5.05. The number of nitrogens with one attached hydrogen (secondary N) is 1. The fourth-order valence-electron chi connectivity index (χ4n) is 3.42. The van der Waals surface area contributed by atoms with Crippen LogP contribution >= 0.6 is 0 Å². The molecule has 0 saturated heterocycles. The Bertz CT molecular complexity index is 1050. The lowest BCUT2D eigenvalue weighted by Gasteiger charge is -2.03. The standard InChI is InChI=1S/C24H21FN2O2/c25-22-8-4-3-7-21(22)23-15-20(29-27-23)16-26-24(28)19-13-11-18(12-14-19)10-9-17-5-1-2-6-17/h3-4,7-8,11-15,17H,1-2,5-6,16H2,(H,26,28). The average molecular weight is 388 g/mol. The topological polar surface area (TPSA) is 55.1 Å². The minimum atomic E-state index is -0.368. The number of rotatable bonds is 4. The molecule has 1 aromatic heterocycles. The van der Waals surface area contributed by atoms with E-state index in [1.54, 1.807) is 36.4 Å². The van der Waals surface area contributed by atoms with E-state index in [1.807, 2.05) is 12.1 Å². The first-order chi connectivity index (χ1) is 14.2. The highest BCUT2D eigenvalue weighted by Gasteiger charge is 2.13. The molecule has 1 heterocycles. The van der Waals surface area contributed by atoms with Gasteiger partial charge in [0.1, 0.15) is 11.5 Å². The quantitative estimate of drug-likeness (QED) is 0.643. The molecule has 3 aromatic rings. The predicted octanol–water partition coefficient (Wildman–Crippen LogP) is 4.95. The summed E-state index contributed by atoms with van der Waals surface area (Å²) < 4.78 is 19.0. The van der Waals surface area contributed by atoms with E-state index in [4.69, 9.17) is 4.52 Å². The molecule has 1 N–H and O–H groups in total. The lowest BCUT2D eigenvalue weighted by Crippen LogP contribution is -2.22. The monoisotopic (exact) mass is 388 g/mol. The molecule has 4 nitrogen and oxygen atoms in total. The first kappa shape index (κ1) is 18.9. The van der Waals surface area contributed by atoms with E-state index < -0.39 is 0 Å². The van der Waals surface area contributed by atoms with Crippen LogP contribution in [-0.4, -0.2) is 11.1 Å². The fraction of sp³-hybridized carbons (Fsp3) is 0.250. The molecule has 4 rings (SSSR count). The van der Waals surface area contributed by atoms with Crippen molar-refractivity contribution in [2.24, 2.45) is 5.92 Å². The molecular weight excluding hydrogens is 367 g/mol. The summed E-state index contributed by atoms with van der Waals surface area (Å²) in [6, 6.07) is 15.2. The summed E-state index contributed by atoms with van der Waals surface area (Å²) >= 11 is 0. The van der Waals surface area contributed by atoms with Crippen molar-refractivity contribution in [1.82, 2.24) is 10.5 Å². The van der Waals surface area contributed by atoms with Gasteiger partial charge in [-0.3, -0.25) is 4.79 Å². The van der Waals surface area contributed by atoms with Crippen LogP contribution in [0, 0.1) is 23.6 Å². The second-order valence-corrected chi connectivity index (χ2v) is 7.17. The first-order valence-electron chi connectivity index (χ1n) is 9.79. The zero-order chi connectivity index (χ0) is 20.1. The largest absolute Gasteiger partial charge is 0.359 e. The second-order valence-electron chi connectivity index (χ2n) is 7.17. The Morgan fingerprint density at radius 3 is 2.66 bits per heavy atom. The lowest BCUT2D eigenvalue weighted by molar-refractivity contribution is 0.0947. The van der Waals surface area contributed by atoms with Crippen LogP contribution in [-0.2, 0) is 6.54 Å². The Morgan fingerprint density at radius 2 is 1.90 bits per heavy atom. The third kappa shape index (κ3) is 4.72. The van der Waals surface area contributed by atoms with Crippen LogP contribution in [0.2, 0.25) is 0 Å². The number of hydrogen-bond donors (Lipinski definition) is 1. The number of hydrogen-bond acceptors (Lipinski definition) is 3. The summed E-state index contributed by atoms with van der Waals surface area (Å²) in [6.45, 7) is 0.170. The molecule has 0 aliphatic heterocycles. The van der Waals surface area contributed by atoms with Crippen LogP contribution in [0.3, 0.4) is 0 Å².